The molecule has 1 rings (SSSR count). The van der Waals surface area contributed by atoms with Crippen LogP contribution in [0.2, 0.25) is 0 Å². The molecule has 8 heteroatoms. The summed E-state index contributed by atoms with van der Waals surface area (Å²) in [6.07, 6.45) is 1.19. The highest BCUT2D eigenvalue weighted by Crippen LogP contribution is 2.17. The summed E-state index contributed by atoms with van der Waals surface area (Å²) >= 11 is 0. The fourth-order valence-corrected chi connectivity index (χ4v) is 2.07. The van der Waals surface area contributed by atoms with Crippen molar-refractivity contribution in [1.29, 1.82) is 0 Å². The van der Waals surface area contributed by atoms with E-state index in [1.165, 1.54) is 11.9 Å². The first-order valence-corrected chi connectivity index (χ1v) is 6.13. The van der Waals surface area contributed by atoms with Crippen molar-refractivity contribution >= 4 is 17.9 Å². The third-order valence-corrected chi connectivity index (χ3v) is 3.08. The lowest BCUT2D eigenvalue weighted by molar-refractivity contribution is -0.139. The molecule has 4 N–H and O–H groups in total. The summed E-state index contributed by atoms with van der Waals surface area (Å²) in [6, 6.07) is -2.30. The van der Waals surface area contributed by atoms with Crippen LogP contribution in [0.4, 0.5) is 4.79 Å². The van der Waals surface area contributed by atoms with Gasteiger partial charge in [0.15, 0.2) is 0 Å². The van der Waals surface area contributed by atoms with Crippen LogP contribution in [0.5, 0.6) is 0 Å². The number of carbonyl (C=O) groups is 3. The maximum absolute atomic E-state index is 12.0. The molecule has 3 amide bonds. The van der Waals surface area contributed by atoms with Crippen LogP contribution < -0.4 is 10.6 Å². The highest BCUT2D eigenvalue weighted by molar-refractivity contribution is 5.89. The van der Waals surface area contributed by atoms with Crippen molar-refractivity contribution in [3.8, 4) is 0 Å². The second-order valence-electron chi connectivity index (χ2n) is 4.32. The minimum Gasteiger partial charge on any atom is -0.480 e. The second-order valence-corrected chi connectivity index (χ2v) is 4.32. The molecule has 8 nitrogen and oxygen atoms in total. The molecule has 2 unspecified atom stereocenters. The Morgan fingerprint density at radius 2 is 2.11 bits per heavy atom. The van der Waals surface area contributed by atoms with Gasteiger partial charge in [-0.25, -0.2) is 9.59 Å². The van der Waals surface area contributed by atoms with Crippen molar-refractivity contribution in [2.24, 2.45) is 0 Å². The van der Waals surface area contributed by atoms with Crippen molar-refractivity contribution < 1.29 is 24.6 Å². The fraction of sp³-hybridized carbons (Fsp3) is 0.727. The Bertz CT molecular complexity index is 360. The molecule has 0 spiro atoms. The van der Waals surface area contributed by atoms with Crippen LogP contribution in [-0.2, 0) is 9.59 Å². The van der Waals surface area contributed by atoms with Gasteiger partial charge in [0.2, 0.25) is 5.91 Å². The van der Waals surface area contributed by atoms with E-state index in [-0.39, 0.29) is 18.9 Å². The van der Waals surface area contributed by atoms with Gasteiger partial charge in [0.1, 0.15) is 12.1 Å². The molecule has 1 heterocycles. The average Bonchev–Trinajstić information content (AvgIpc) is 2.86. The quantitative estimate of drug-likeness (QED) is 0.498. The predicted octanol–water partition coefficient (Wildman–Crippen LogP) is -1.26. The van der Waals surface area contributed by atoms with Crippen molar-refractivity contribution in [3.05, 3.63) is 0 Å². The number of rotatable bonds is 5. The van der Waals surface area contributed by atoms with E-state index >= 15 is 0 Å². The molecule has 1 fully saturated rings. The monoisotopic (exact) mass is 273 g/mol. The molecule has 19 heavy (non-hydrogen) atoms. The number of likely N-dealkylation sites (tertiary alicyclic amines) is 1. The van der Waals surface area contributed by atoms with Crippen LogP contribution in [0.1, 0.15) is 19.3 Å². The first-order chi connectivity index (χ1) is 9.01. The number of hydrogen-bond donors (Lipinski definition) is 4. The van der Waals surface area contributed by atoms with Gasteiger partial charge < -0.3 is 25.7 Å². The van der Waals surface area contributed by atoms with Gasteiger partial charge in [-0.15, -0.1) is 0 Å². The SMILES string of the molecule is CNC(=O)C1CCCN1C(=O)NC(CCO)C(=O)O. The summed E-state index contributed by atoms with van der Waals surface area (Å²) in [7, 11) is 1.49. The van der Waals surface area contributed by atoms with Gasteiger partial charge in [-0.05, 0) is 12.8 Å². The molecule has 1 aliphatic rings. The zero-order chi connectivity index (χ0) is 14.4. The third kappa shape index (κ3) is 3.82. The summed E-state index contributed by atoms with van der Waals surface area (Å²) < 4.78 is 0. The number of amides is 3. The van der Waals surface area contributed by atoms with Crippen LogP contribution in [0.25, 0.3) is 0 Å². The molecule has 0 aromatic carbocycles. The van der Waals surface area contributed by atoms with Crippen molar-refractivity contribution in [2.75, 3.05) is 20.2 Å². The molecule has 0 saturated carbocycles. The molecule has 0 aromatic rings. The number of carboxylic acid groups (broad SMARTS) is 1. The zero-order valence-corrected chi connectivity index (χ0v) is 10.8. The number of aliphatic carboxylic acids is 1. The number of hydrogen-bond acceptors (Lipinski definition) is 4. The third-order valence-electron chi connectivity index (χ3n) is 3.08. The first-order valence-electron chi connectivity index (χ1n) is 6.13. The Labute approximate surface area is 110 Å². The maximum atomic E-state index is 12.0. The molecule has 1 saturated heterocycles. The highest BCUT2D eigenvalue weighted by atomic mass is 16.4. The Morgan fingerprint density at radius 1 is 1.42 bits per heavy atom. The van der Waals surface area contributed by atoms with E-state index in [4.69, 9.17) is 10.2 Å². The van der Waals surface area contributed by atoms with Crippen LogP contribution >= 0.6 is 0 Å². The molecule has 2 atom stereocenters. The van der Waals surface area contributed by atoms with Gasteiger partial charge in [0.05, 0.1) is 0 Å². The molecule has 0 aliphatic carbocycles. The molecule has 0 radical (unpaired) electrons. The minimum absolute atomic E-state index is 0.0699. The van der Waals surface area contributed by atoms with Crippen LogP contribution in [-0.4, -0.2) is 65.3 Å². The summed E-state index contributed by atoms with van der Waals surface area (Å²) in [4.78, 5) is 35.8. The van der Waals surface area contributed by atoms with Crippen molar-refractivity contribution in [2.45, 2.75) is 31.3 Å². The Morgan fingerprint density at radius 3 is 2.63 bits per heavy atom. The molecule has 1 aliphatic heterocycles. The summed E-state index contributed by atoms with van der Waals surface area (Å²) in [5.41, 5.74) is 0. The summed E-state index contributed by atoms with van der Waals surface area (Å²) in [5.74, 6) is -1.47. The van der Waals surface area contributed by atoms with E-state index in [0.29, 0.717) is 19.4 Å². The van der Waals surface area contributed by atoms with E-state index in [9.17, 15) is 14.4 Å². The smallest absolute Gasteiger partial charge is 0.326 e. The Hall–Kier alpha value is -1.83. The summed E-state index contributed by atoms with van der Waals surface area (Å²) in [6.45, 7) is 0.0749. The fourth-order valence-electron chi connectivity index (χ4n) is 2.07. The van der Waals surface area contributed by atoms with Crippen molar-refractivity contribution in [3.63, 3.8) is 0 Å². The average molecular weight is 273 g/mol. The Kier molecular flexibility index (Phi) is 5.56. The predicted molar refractivity (Wildman–Crippen MR) is 65.5 cm³/mol. The standard InChI is InChI=1S/C11H19N3O5/c1-12-9(16)8-3-2-5-14(8)11(19)13-7(4-6-15)10(17)18/h7-8,15H,2-6H2,1H3,(H,12,16)(H,13,19)(H,17,18). The number of likely N-dealkylation sites (N-methyl/N-ethyl adjacent to an activating group) is 1. The van der Waals surface area contributed by atoms with Crippen LogP contribution in [0.3, 0.4) is 0 Å². The number of carboxylic acids is 1. The molecular formula is C11H19N3O5. The zero-order valence-electron chi connectivity index (χ0n) is 10.8. The number of urea groups is 1. The van der Waals surface area contributed by atoms with E-state index in [0.717, 1.165) is 0 Å². The summed E-state index contributed by atoms with van der Waals surface area (Å²) in [5, 5.41) is 22.4. The molecule has 0 bridgehead atoms. The van der Waals surface area contributed by atoms with E-state index in [2.05, 4.69) is 10.6 Å². The molecule has 108 valence electrons. The lowest BCUT2D eigenvalue weighted by atomic mass is 10.2. The number of aliphatic hydroxyl groups is 1. The minimum atomic E-state index is -1.21. The number of carbonyl (C=O) groups excluding carboxylic acids is 2. The maximum Gasteiger partial charge on any atom is 0.326 e. The van der Waals surface area contributed by atoms with Crippen molar-refractivity contribution in [1.82, 2.24) is 15.5 Å². The lowest BCUT2D eigenvalue weighted by Crippen LogP contribution is -2.52. The normalized spacial score (nSPS) is 19.9. The molecular weight excluding hydrogens is 254 g/mol. The van der Waals surface area contributed by atoms with Gasteiger partial charge in [-0.1, -0.05) is 0 Å². The first kappa shape index (κ1) is 15.2. The van der Waals surface area contributed by atoms with Gasteiger partial charge in [-0.3, -0.25) is 4.79 Å². The van der Waals surface area contributed by atoms with E-state index in [1.807, 2.05) is 0 Å². The Balaban J connectivity index is 2.65. The van der Waals surface area contributed by atoms with Gasteiger partial charge in [0.25, 0.3) is 0 Å². The number of nitrogens with zero attached hydrogens (tertiary/aromatic N) is 1. The topological polar surface area (TPSA) is 119 Å². The van der Waals surface area contributed by atoms with E-state index < -0.39 is 24.1 Å². The van der Waals surface area contributed by atoms with Gasteiger partial charge in [0, 0.05) is 26.6 Å². The van der Waals surface area contributed by atoms with Gasteiger partial charge in [-0.2, -0.15) is 0 Å². The van der Waals surface area contributed by atoms with Gasteiger partial charge >= 0.3 is 12.0 Å². The second kappa shape index (κ2) is 6.93. The number of aliphatic hydroxyl groups excluding tert-OH is 1. The highest BCUT2D eigenvalue weighted by Gasteiger charge is 2.34. The van der Waals surface area contributed by atoms with Crippen LogP contribution in [0.15, 0.2) is 0 Å². The van der Waals surface area contributed by atoms with E-state index in [1.54, 1.807) is 0 Å². The van der Waals surface area contributed by atoms with Crippen LogP contribution in [0, 0.1) is 0 Å². The largest absolute Gasteiger partial charge is 0.480 e. The molecule has 0 aromatic heterocycles. The lowest BCUT2D eigenvalue weighted by Gasteiger charge is -2.25. The number of nitrogens with one attached hydrogen (secondary N) is 2.